The zero-order valence-electron chi connectivity index (χ0n) is 11.3. The lowest BCUT2D eigenvalue weighted by Crippen LogP contribution is -2.37. The van der Waals surface area contributed by atoms with Gasteiger partial charge in [-0.3, -0.25) is 0 Å². The minimum Gasteiger partial charge on any atom is -0.396 e. The maximum atomic E-state index is 9.75. The summed E-state index contributed by atoms with van der Waals surface area (Å²) in [7, 11) is 0. The van der Waals surface area contributed by atoms with Crippen molar-refractivity contribution in [2.75, 3.05) is 19.8 Å². The zero-order chi connectivity index (χ0) is 12.5. The minimum atomic E-state index is 0.0764. The van der Waals surface area contributed by atoms with E-state index < -0.39 is 0 Å². The lowest BCUT2D eigenvalue weighted by Gasteiger charge is -2.37. The lowest BCUT2D eigenvalue weighted by molar-refractivity contribution is -0.0828. The first-order valence-electron chi connectivity index (χ1n) is 7.62. The van der Waals surface area contributed by atoms with Crippen molar-refractivity contribution >= 4 is 0 Å². The quantitative estimate of drug-likeness (QED) is 0.841. The number of hydrogen-bond donors (Lipinski definition) is 1. The van der Waals surface area contributed by atoms with Gasteiger partial charge in [0, 0.05) is 25.2 Å². The highest BCUT2D eigenvalue weighted by Gasteiger charge is 2.45. The van der Waals surface area contributed by atoms with Crippen LogP contribution in [-0.2, 0) is 9.47 Å². The zero-order valence-corrected chi connectivity index (χ0v) is 11.3. The van der Waals surface area contributed by atoms with Gasteiger partial charge in [0.1, 0.15) is 0 Å². The van der Waals surface area contributed by atoms with E-state index in [-0.39, 0.29) is 11.0 Å². The molecular weight excluding hydrogens is 228 g/mol. The monoisotopic (exact) mass is 254 g/mol. The predicted molar refractivity (Wildman–Crippen MR) is 69.5 cm³/mol. The number of aliphatic hydroxyl groups is 1. The number of ether oxygens (including phenoxy) is 2. The summed E-state index contributed by atoms with van der Waals surface area (Å²) in [6.45, 7) is 1.90. The van der Waals surface area contributed by atoms with Gasteiger partial charge < -0.3 is 14.6 Å². The van der Waals surface area contributed by atoms with Crippen LogP contribution in [0.4, 0.5) is 0 Å². The second kappa shape index (κ2) is 5.10. The molecule has 104 valence electrons. The summed E-state index contributed by atoms with van der Waals surface area (Å²) in [4.78, 5) is 0. The van der Waals surface area contributed by atoms with Crippen LogP contribution in [0.5, 0.6) is 0 Å². The van der Waals surface area contributed by atoms with E-state index in [0.717, 1.165) is 32.5 Å². The van der Waals surface area contributed by atoms with Crippen LogP contribution in [0.1, 0.15) is 57.8 Å². The lowest BCUT2D eigenvalue weighted by atomic mass is 9.76. The summed E-state index contributed by atoms with van der Waals surface area (Å²) in [5, 5.41) is 9.75. The third-order valence-electron chi connectivity index (χ3n) is 5.40. The van der Waals surface area contributed by atoms with Gasteiger partial charge in [-0.05, 0) is 44.9 Å². The molecule has 1 spiro atoms. The number of rotatable bonds is 3. The normalized spacial score (nSPS) is 34.2. The van der Waals surface area contributed by atoms with Crippen LogP contribution in [-0.4, -0.2) is 36.6 Å². The first-order valence-corrected chi connectivity index (χ1v) is 7.62. The van der Waals surface area contributed by atoms with E-state index >= 15 is 0 Å². The standard InChI is InChI=1S/C15H26O3/c16-12-14(7-9-17-10-8-14)11-13-3-6-15(18-13)4-1-2-5-15/h13,16H,1-12H2. The van der Waals surface area contributed by atoms with Gasteiger partial charge in [-0.15, -0.1) is 0 Å². The molecule has 1 N–H and O–H groups in total. The molecule has 3 aliphatic rings. The molecule has 2 heterocycles. The highest BCUT2D eigenvalue weighted by Crippen LogP contribution is 2.47. The van der Waals surface area contributed by atoms with Crippen LogP contribution >= 0.6 is 0 Å². The summed E-state index contributed by atoms with van der Waals surface area (Å²) < 4.78 is 11.8. The molecule has 3 fully saturated rings. The Morgan fingerprint density at radius 1 is 1.00 bits per heavy atom. The Labute approximate surface area is 110 Å². The van der Waals surface area contributed by atoms with Crippen LogP contribution in [0.15, 0.2) is 0 Å². The fraction of sp³-hybridized carbons (Fsp3) is 1.00. The van der Waals surface area contributed by atoms with Crippen molar-refractivity contribution in [3.63, 3.8) is 0 Å². The van der Waals surface area contributed by atoms with Gasteiger partial charge >= 0.3 is 0 Å². The Morgan fingerprint density at radius 3 is 2.39 bits per heavy atom. The van der Waals surface area contributed by atoms with Crippen molar-refractivity contribution in [2.24, 2.45) is 5.41 Å². The fourth-order valence-corrected chi connectivity index (χ4v) is 4.14. The third-order valence-corrected chi connectivity index (χ3v) is 5.40. The molecule has 2 saturated heterocycles. The van der Waals surface area contributed by atoms with E-state index in [0.29, 0.717) is 12.7 Å². The maximum absolute atomic E-state index is 9.75. The van der Waals surface area contributed by atoms with Gasteiger partial charge in [-0.25, -0.2) is 0 Å². The van der Waals surface area contributed by atoms with E-state index in [2.05, 4.69) is 0 Å². The Hall–Kier alpha value is -0.120. The summed E-state index contributed by atoms with van der Waals surface area (Å²) in [5.41, 5.74) is 0.305. The van der Waals surface area contributed by atoms with E-state index in [1.165, 1.54) is 38.5 Å². The highest BCUT2D eigenvalue weighted by atomic mass is 16.5. The molecule has 18 heavy (non-hydrogen) atoms. The topological polar surface area (TPSA) is 38.7 Å². The summed E-state index contributed by atoms with van der Waals surface area (Å²) in [5.74, 6) is 0. The van der Waals surface area contributed by atoms with Crippen LogP contribution in [0.3, 0.4) is 0 Å². The van der Waals surface area contributed by atoms with Crippen molar-refractivity contribution in [2.45, 2.75) is 69.5 Å². The van der Waals surface area contributed by atoms with E-state index in [1.54, 1.807) is 0 Å². The number of hydrogen-bond acceptors (Lipinski definition) is 3. The summed E-state index contributed by atoms with van der Waals surface area (Å²) >= 11 is 0. The average molecular weight is 254 g/mol. The van der Waals surface area contributed by atoms with Gasteiger partial charge in [-0.2, -0.15) is 0 Å². The first-order chi connectivity index (χ1) is 8.76. The second-order valence-corrected chi connectivity index (χ2v) is 6.64. The van der Waals surface area contributed by atoms with Crippen molar-refractivity contribution < 1.29 is 14.6 Å². The molecule has 1 atom stereocenters. The Morgan fingerprint density at radius 2 is 1.72 bits per heavy atom. The van der Waals surface area contributed by atoms with E-state index in [1.807, 2.05) is 0 Å². The SMILES string of the molecule is OCC1(CC2CCC3(CCCC3)O2)CCOCC1. The Kier molecular flexibility index (Phi) is 3.65. The second-order valence-electron chi connectivity index (χ2n) is 6.64. The molecule has 3 rings (SSSR count). The summed E-state index contributed by atoms with van der Waals surface area (Å²) in [6, 6.07) is 0. The molecule has 0 aromatic heterocycles. The Balaban J connectivity index is 1.59. The van der Waals surface area contributed by atoms with Crippen LogP contribution in [0.25, 0.3) is 0 Å². The molecule has 0 bridgehead atoms. The molecule has 0 radical (unpaired) electrons. The molecule has 2 aliphatic heterocycles. The molecule has 0 aromatic carbocycles. The highest BCUT2D eigenvalue weighted by molar-refractivity contribution is 4.95. The largest absolute Gasteiger partial charge is 0.396 e. The molecular formula is C15H26O3. The molecule has 3 nitrogen and oxygen atoms in total. The molecule has 3 heteroatoms. The maximum Gasteiger partial charge on any atom is 0.0687 e. The summed E-state index contributed by atoms with van der Waals surface area (Å²) in [6.07, 6.45) is 11.1. The van der Waals surface area contributed by atoms with Gasteiger partial charge in [0.2, 0.25) is 0 Å². The van der Waals surface area contributed by atoms with E-state index in [4.69, 9.17) is 9.47 Å². The van der Waals surface area contributed by atoms with Gasteiger partial charge in [0.15, 0.2) is 0 Å². The van der Waals surface area contributed by atoms with Crippen LogP contribution in [0, 0.1) is 5.41 Å². The minimum absolute atomic E-state index is 0.0764. The van der Waals surface area contributed by atoms with Crippen molar-refractivity contribution in [1.82, 2.24) is 0 Å². The fourth-order valence-electron chi connectivity index (χ4n) is 4.14. The molecule has 1 saturated carbocycles. The van der Waals surface area contributed by atoms with Crippen LogP contribution < -0.4 is 0 Å². The van der Waals surface area contributed by atoms with Gasteiger partial charge in [0.05, 0.1) is 11.7 Å². The molecule has 1 unspecified atom stereocenters. The Bertz CT molecular complexity index is 277. The van der Waals surface area contributed by atoms with Crippen molar-refractivity contribution in [1.29, 1.82) is 0 Å². The average Bonchev–Trinajstić information content (AvgIpc) is 3.02. The van der Waals surface area contributed by atoms with E-state index in [9.17, 15) is 5.11 Å². The van der Waals surface area contributed by atoms with Crippen molar-refractivity contribution in [3.05, 3.63) is 0 Å². The number of aliphatic hydroxyl groups excluding tert-OH is 1. The molecule has 1 aliphatic carbocycles. The smallest absolute Gasteiger partial charge is 0.0687 e. The van der Waals surface area contributed by atoms with Gasteiger partial charge in [-0.1, -0.05) is 12.8 Å². The van der Waals surface area contributed by atoms with Crippen LogP contribution in [0.2, 0.25) is 0 Å². The first kappa shape index (κ1) is 12.9. The third kappa shape index (κ3) is 2.45. The molecule has 0 aromatic rings. The van der Waals surface area contributed by atoms with Crippen molar-refractivity contribution in [3.8, 4) is 0 Å². The predicted octanol–water partition coefficient (Wildman–Crippen LogP) is 2.66. The molecule has 0 amide bonds. The van der Waals surface area contributed by atoms with Gasteiger partial charge in [0.25, 0.3) is 0 Å².